The Morgan fingerprint density at radius 2 is 1.87 bits per heavy atom. The van der Waals surface area contributed by atoms with Crippen LogP contribution in [0.4, 0.5) is 0 Å². The Bertz CT molecular complexity index is 1180. The number of rotatable bonds is 5. The van der Waals surface area contributed by atoms with E-state index in [1.165, 1.54) is 0 Å². The summed E-state index contributed by atoms with van der Waals surface area (Å²) in [6.45, 7) is 2.46. The minimum atomic E-state index is -0.464. The third kappa shape index (κ3) is 4.92. The largest absolute Gasteiger partial charge is 0.488 e. The summed E-state index contributed by atoms with van der Waals surface area (Å²) in [5.74, 6) is 0.544. The van der Waals surface area contributed by atoms with Crippen molar-refractivity contribution in [2.45, 2.75) is 13.5 Å². The van der Waals surface area contributed by atoms with Gasteiger partial charge < -0.3 is 9.47 Å². The number of aliphatic imine (C=N–C) groups is 1. The van der Waals surface area contributed by atoms with Crippen LogP contribution in [0.2, 0.25) is 0 Å². The van der Waals surface area contributed by atoms with E-state index in [0.29, 0.717) is 18.3 Å². The fourth-order valence-electron chi connectivity index (χ4n) is 2.98. The van der Waals surface area contributed by atoms with Gasteiger partial charge in [-0.3, -0.25) is 0 Å². The molecule has 0 amide bonds. The van der Waals surface area contributed by atoms with Crippen LogP contribution in [0, 0.1) is 14.1 Å². The number of carbonyl (C=O) groups excluding carboxylic acids is 1. The average Bonchev–Trinajstić information content (AvgIpc) is 3.10. The molecular formula is C24H17I2NO3. The molecule has 4 rings (SSSR count). The van der Waals surface area contributed by atoms with Gasteiger partial charge in [-0.15, -0.1) is 0 Å². The Kier molecular flexibility index (Phi) is 6.52. The number of esters is 1. The summed E-state index contributed by atoms with van der Waals surface area (Å²) in [4.78, 5) is 16.8. The number of carbonyl (C=O) groups is 1. The number of para-hydroxylation sites is 1. The van der Waals surface area contributed by atoms with Crippen molar-refractivity contribution in [3.63, 3.8) is 0 Å². The lowest BCUT2D eigenvalue weighted by atomic mass is 10.1. The van der Waals surface area contributed by atoms with E-state index in [4.69, 9.17) is 9.47 Å². The van der Waals surface area contributed by atoms with Crippen LogP contribution in [0.25, 0.3) is 6.08 Å². The number of cyclic esters (lactones) is 1. The zero-order valence-electron chi connectivity index (χ0n) is 16.1. The van der Waals surface area contributed by atoms with Crippen LogP contribution in [0.1, 0.15) is 22.3 Å². The summed E-state index contributed by atoms with van der Waals surface area (Å²) in [6, 6.07) is 21.6. The molecule has 3 aromatic carbocycles. The molecule has 0 saturated heterocycles. The molecule has 0 unspecified atom stereocenters. The van der Waals surface area contributed by atoms with Crippen LogP contribution in [0.15, 0.2) is 77.4 Å². The van der Waals surface area contributed by atoms with Gasteiger partial charge in [0.25, 0.3) is 0 Å². The highest BCUT2D eigenvalue weighted by molar-refractivity contribution is 14.1. The number of hydrogen-bond donors (Lipinski definition) is 0. The molecule has 150 valence electrons. The number of halogens is 2. The van der Waals surface area contributed by atoms with E-state index < -0.39 is 5.97 Å². The van der Waals surface area contributed by atoms with Crippen molar-refractivity contribution < 1.29 is 14.3 Å². The van der Waals surface area contributed by atoms with Gasteiger partial charge in [0.2, 0.25) is 5.90 Å². The number of benzene rings is 3. The summed E-state index contributed by atoms with van der Waals surface area (Å²) in [5, 5.41) is 0. The SMILES string of the molecule is Cc1cc(C2=N/C(=C\c3ccccc3OCc3cccc(I)c3)C(=O)O2)ccc1I. The van der Waals surface area contributed by atoms with Gasteiger partial charge in [0.05, 0.1) is 0 Å². The minimum Gasteiger partial charge on any atom is -0.488 e. The van der Waals surface area contributed by atoms with Gasteiger partial charge in [0, 0.05) is 18.3 Å². The van der Waals surface area contributed by atoms with Crippen molar-refractivity contribution in [2.75, 3.05) is 0 Å². The Hall–Kier alpha value is -2.20. The predicted molar refractivity (Wildman–Crippen MR) is 134 cm³/mol. The quantitative estimate of drug-likeness (QED) is 0.196. The highest BCUT2D eigenvalue weighted by Gasteiger charge is 2.24. The molecule has 1 aliphatic rings. The van der Waals surface area contributed by atoms with E-state index in [1.54, 1.807) is 6.08 Å². The molecule has 0 N–H and O–H groups in total. The molecule has 0 aromatic heterocycles. The molecule has 0 fully saturated rings. The first kappa shape index (κ1) is 21.0. The molecule has 0 radical (unpaired) electrons. The molecule has 6 heteroatoms. The van der Waals surface area contributed by atoms with Crippen LogP contribution in [0.5, 0.6) is 5.75 Å². The van der Waals surface area contributed by atoms with Gasteiger partial charge in [-0.2, -0.15) is 0 Å². The summed E-state index contributed by atoms with van der Waals surface area (Å²) in [5.41, 5.74) is 4.01. The molecule has 3 aromatic rings. The molecule has 0 bridgehead atoms. The third-order valence-corrected chi connectivity index (χ3v) is 6.40. The maximum Gasteiger partial charge on any atom is 0.363 e. The van der Waals surface area contributed by atoms with Gasteiger partial charge in [0.1, 0.15) is 12.4 Å². The Labute approximate surface area is 202 Å². The smallest absolute Gasteiger partial charge is 0.363 e. The van der Waals surface area contributed by atoms with Crippen molar-refractivity contribution in [1.29, 1.82) is 0 Å². The molecular weight excluding hydrogens is 604 g/mol. The standard InChI is InChI=1S/C24H17I2NO3/c1-15-11-18(9-10-20(15)26)23-27-21(24(28)30-23)13-17-6-2-3-8-22(17)29-14-16-5-4-7-19(25)12-16/h2-13H,14H2,1H3/b21-13-. The maximum absolute atomic E-state index is 12.4. The first-order valence-electron chi connectivity index (χ1n) is 9.25. The van der Waals surface area contributed by atoms with E-state index in [2.05, 4.69) is 56.2 Å². The highest BCUT2D eigenvalue weighted by atomic mass is 127. The summed E-state index contributed by atoms with van der Waals surface area (Å²) < 4.78 is 13.7. The van der Waals surface area contributed by atoms with Crippen molar-refractivity contribution in [1.82, 2.24) is 0 Å². The first-order chi connectivity index (χ1) is 14.5. The van der Waals surface area contributed by atoms with Crippen molar-refractivity contribution in [2.24, 2.45) is 4.99 Å². The van der Waals surface area contributed by atoms with Crippen LogP contribution in [-0.2, 0) is 16.1 Å². The number of aryl methyl sites for hydroxylation is 1. The second-order valence-electron chi connectivity index (χ2n) is 6.76. The fourth-order valence-corrected chi connectivity index (χ4v) is 3.92. The van der Waals surface area contributed by atoms with E-state index >= 15 is 0 Å². The Morgan fingerprint density at radius 3 is 2.67 bits per heavy atom. The molecule has 30 heavy (non-hydrogen) atoms. The van der Waals surface area contributed by atoms with Gasteiger partial charge in [-0.1, -0.05) is 30.3 Å². The monoisotopic (exact) mass is 621 g/mol. The van der Waals surface area contributed by atoms with Crippen molar-refractivity contribution in [3.8, 4) is 5.75 Å². The topological polar surface area (TPSA) is 47.9 Å². The Morgan fingerprint density at radius 1 is 1.03 bits per heavy atom. The summed E-state index contributed by atoms with van der Waals surface area (Å²) in [6.07, 6.45) is 1.71. The fraction of sp³-hybridized carbons (Fsp3) is 0.0833. The lowest BCUT2D eigenvalue weighted by Crippen LogP contribution is -2.05. The summed E-state index contributed by atoms with van der Waals surface area (Å²) in [7, 11) is 0. The van der Waals surface area contributed by atoms with Gasteiger partial charge in [-0.25, -0.2) is 9.79 Å². The van der Waals surface area contributed by atoms with E-state index in [1.807, 2.05) is 67.6 Å². The molecule has 4 nitrogen and oxygen atoms in total. The Balaban J connectivity index is 1.59. The molecule has 1 aliphatic heterocycles. The second kappa shape index (κ2) is 9.30. The lowest BCUT2D eigenvalue weighted by molar-refractivity contribution is -0.129. The van der Waals surface area contributed by atoms with E-state index in [-0.39, 0.29) is 5.70 Å². The highest BCUT2D eigenvalue weighted by Crippen LogP contribution is 2.26. The zero-order valence-corrected chi connectivity index (χ0v) is 20.4. The van der Waals surface area contributed by atoms with Crippen LogP contribution in [0.3, 0.4) is 0 Å². The van der Waals surface area contributed by atoms with Crippen LogP contribution >= 0.6 is 45.2 Å². The number of nitrogens with zero attached hydrogens (tertiary/aromatic N) is 1. The molecule has 0 spiro atoms. The maximum atomic E-state index is 12.4. The van der Waals surface area contributed by atoms with Crippen LogP contribution in [-0.4, -0.2) is 11.9 Å². The predicted octanol–water partition coefficient (Wildman–Crippen LogP) is 6.13. The molecule has 0 aliphatic carbocycles. The van der Waals surface area contributed by atoms with Crippen LogP contribution < -0.4 is 4.74 Å². The zero-order chi connectivity index (χ0) is 21.1. The average molecular weight is 621 g/mol. The van der Waals surface area contributed by atoms with E-state index in [9.17, 15) is 4.79 Å². The molecule has 0 atom stereocenters. The molecule has 1 heterocycles. The lowest BCUT2D eigenvalue weighted by Gasteiger charge is -2.09. The summed E-state index contributed by atoms with van der Waals surface area (Å²) >= 11 is 4.55. The third-order valence-electron chi connectivity index (χ3n) is 4.52. The first-order valence-corrected chi connectivity index (χ1v) is 11.4. The number of ether oxygens (including phenoxy) is 2. The van der Waals surface area contributed by atoms with Crippen molar-refractivity contribution in [3.05, 3.63) is 102 Å². The van der Waals surface area contributed by atoms with E-state index in [0.717, 1.165) is 29.4 Å². The van der Waals surface area contributed by atoms with Gasteiger partial charge in [0.15, 0.2) is 5.70 Å². The van der Waals surface area contributed by atoms with Crippen molar-refractivity contribution >= 4 is 63.1 Å². The van der Waals surface area contributed by atoms with Gasteiger partial charge >= 0.3 is 5.97 Å². The minimum absolute atomic E-state index is 0.256. The normalized spacial score (nSPS) is 14.6. The number of hydrogen-bond acceptors (Lipinski definition) is 4. The van der Waals surface area contributed by atoms with Gasteiger partial charge in [-0.05, 0) is 106 Å². The molecule has 0 saturated carbocycles. The second-order valence-corrected chi connectivity index (χ2v) is 9.16.